The van der Waals surface area contributed by atoms with Crippen molar-refractivity contribution in [3.05, 3.63) is 59.8 Å². The Labute approximate surface area is 199 Å². The number of ether oxygens (including phenoxy) is 2. The second-order valence-corrected chi connectivity index (χ2v) is 9.48. The molecule has 2 aliphatic rings. The smallest absolute Gasteiger partial charge is 0.271 e. The molecular weight excluding hydrogens is 430 g/mol. The van der Waals surface area contributed by atoms with Crippen LogP contribution in [-0.2, 0) is 17.9 Å². The number of aromatic nitrogens is 1. The van der Waals surface area contributed by atoms with Crippen LogP contribution in [0.15, 0.2) is 48.5 Å². The van der Waals surface area contributed by atoms with Gasteiger partial charge in [0.05, 0.1) is 20.8 Å². The average Bonchev–Trinajstić information content (AvgIpc) is 3.49. The van der Waals surface area contributed by atoms with Gasteiger partial charge >= 0.3 is 0 Å². The summed E-state index contributed by atoms with van der Waals surface area (Å²) in [6, 6.07) is 15.6. The topological polar surface area (TPSA) is 72.8 Å². The van der Waals surface area contributed by atoms with Crippen LogP contribution in [0.1, 0.15) is 48.7 Å². The minimum Gasteiger partial charge on any atom is -0.493 e. The van der Waals surface area contributed by atoms with Gasteiger partial charge in [0, 0.05) is 23.5 Å². The van der Waals surface area contributed by atoms with Crippen LogP contribution < -0.4 is 14.8 Å². The van der Waals surface area contributed by atoms with Gasteiger partial charge in [0.1, 0.15) is 11.2 Å². The minimum atomic E-state index is -1.04. The predicted octanol–water partition coefficient (Wildman–Crippen LogP) is 4.13. The number of carbonyl (C=O) groups is 2. The average molecular weight is 462 g/mol. The van der Waals surface area contributed by atoms with Crippen molar-refractivity contribution in [2.75, 3.05) is 14.2 Å². The van der Waals surface area contributed by atoms with Gasteiger partial charge in [-0.3, -0.25) is 9.59 Å². The normalized spacial score (nSPS) is 20.4. The van der Waals surface area contributed by atoms with Crippen LogP contribution in [0.2, 0.25) is 0 Å². The highest BCUT2D eigenvalue weighted by atomic mass is 16.5. The first-order chi connectivity index (χ1) is 16.4. The van der Waals surface area contributed by atoms with Crippen molar-refractivity contribution < 1.29 is 19.1 Å². The van der Waals surface area contributed by atoms with E-state index in [4.69, 9.17) is 9.47 Å². The van der Waals surface area contributed by atoms with E-state index in [2.05, 4.69) is 5.32 Å². The number of para-hydroxylation sites is 1. The zero-order valence-electron chi connectivity index (χ0n) is 20.0. The summed E-state index contributed by atoms with van der Waals surface area (Å²) in [4.78, 5) is 29.4. The quantitative estimate of drug-likeness (QED) is 0.599. The fraction of sp³-hybridized carbons (Fsp3) is 0.407. The van der Waals surface area contributed by atoms with E-state index in [0.29, 0.717) is 23.7 Å². The molecule has 34 heavy (non-hydrogen) atoms. The van der Waals surface area contributed by atoms with Crippen molar-refractivity contribution in [3.63, 3.8) is 0 Å². The first-order valence-corrected chi connectivity index (χ1v) is 11.9. The molecule has 1 aliphatic heterocycles. The van der Waals surface area contributed by atoms with Crippen molar-refractivity contribution in [2.45, 2.75) is 57.3 Å². The molecule has 7 nitrogen and oxygen atoms in total. The number of fused-ring (bicyclic) bond motifs is 3. The van der Waals surface area contributed by atoms with Crippen molar-refractivity contribution >= 4 is 22.7 Å². The van der Waals surface area contributed by atoms with Crippen LogP contribution in [0.3, 0.4) is 0 Å². The maximum absolute atomic E-state index is 13.9. The molecule has 1 N–H and O–H groups in total. The molecule has 5 rings (SSSR count). The van der Waals surface area contributed by atoms with Gasteiger partial charge in [0.15, 0.2) is 11.5 Å². The molecule has 0 radical (unpaired) electrons. The number of rotatable bonds is 6. The van der Waals surface area contributed by atoms with E-state index >= 15 is 0 Å². The summed E-state index contributed by atoms with van der Waals surface area (Å²) in [5.41, 5.74) is 1.40. The van der Waals surface area contributed by atoms with Crippen LogP contribution in [0.25, 0.3) is 10.9 Å². The molecule has 1 saturated carbocycles. The maximum Gasteiger partial charge on any atom is 0.271 e. The van der Waals surface area contributed by atoms with Gasteiger partial charge in [0.2, 0.25) is 5.91 Å². The van der Waals surface area contributed by atoms with E-state index in [1.54, 1.807) is 19.1 Å². The first-order valence-electron chi connectivity index (χ1n) is 11.9. The number of hydrogen-bond acceptors (Lipinski definition) is 4. The molecule has 7 heteroatoms. The lowest BCUT2D eigenvalue weighted by Crippen LogP contribution is -2.64. The molecule has 2 amide bonds. The molecule has 0 saturated heterocycles. The lowest BCUT2D eigenvalue weighted by molar-refractivity contribution is -0.133. The van der Waals surface area contributed by atoms with Crippen molar-refractivity contribution in [1.29, 1.82) is 0 Å². The van der Waals surface area contributed by atoms with Crippen LogP contribution >= 0.6 is 0 Å². The number of nitrogens with one attached hydrogen (secondary N) is 1. The summed E-state index contributed by atoms with van der Waals surface area (Å²) in [6.07, 6.45) is 4.23. The molecule has 0 unspecified atom stereocenters. The van der Waals surface area contributed by atoms with Crippen molar-refractivity contribution in [3.8, 4) is 11.5 Å². The highest BCUT2D eigenvalue weighted by Gasteiger charge is 2.48. The second-order valence-electron chi connectivity index (χ2n) is 9.48. The standard InChI is InChI=1S/C27H31N3O4/c1-27(26(32)28-20-9-5-6-10-20)17-29-21-11-7-4-8-19(21)15-22(29)25(31)30(27)16-18-12-13-23(33-2)24(14-18)34-3/h4,7-8,11-15,20H,5-6,9-10,16-17H2,1-3H3,(H,28,32)/t27-/m0/s1. The Morgan fingerprint density at radius 3 is 2.53 bits per heavy atom. The summed E-state index contributed by atoms with van der Waals surface area (Å²) in [5.74, 6) is 0.965. The monoisotopic (exact) mass is 461 g/mol. The summed E-state index contributed by atoms with van der Waals surface area (Å²) < 4.78 is 12.8. The van der Waals surface area contributed by atoms with Crippen LogP contribution in [0, 0.1) is 0 Å². The minimum absolute atomic E-state index is 0.100. The fourth-order valence-electron chi connectivity index (χ4n) is 5.33. The Balaban J connectivity index is 1.56. The van der Waals surface area contributed by atoms with E-state index in [-0.39, 0.29) is 24.4 Å². The Hall–Kier alpha value is -3.48. The molecule has 0 bridgehead atoms. The number of nitrogens with zero attached hydrogens (tertiary/aromatic N) is 2. The third-order valence-electron chi connectivity index (χ3n) is 7.30. The van der Waals surface area contributed by atoms with E-state index in [9.17, 15) is 9.59 Å². The number of carbonyl (C=O) groups excluding carboxylic acids is 2. The molecule has 1 fully saturated rings. The Kier molecular flexibility index (Phi) is 5.71. The van der Waals surface area contributed by atoms with Gasteiger partial charge in [0.25, 0.3) is 5.91 Å². The van der Waals surface area contributed by atoms with Crippen LogP contribution in [-0.4, -0.2) is 47.1 Å². The third kappa shape index (κ3) is 3.69. The highest BCUT2D eigenvalue weighted by Crippen LogP contribution is 2.35. The SMILES string of the molecule is COc1ccc(CN2C(=O)c3cc4ccccc4n3C[C@@]2(C)C(=O)NC2CCCC2)cc1OC. The molecule has 1 aliphatic carbocycles. The highest BCUT2D eigenvalue weighted by molar-refractivity contribution is 6.03. The van der Waals surface area contributed by atoms with E-state index < -0.39 is 5.54 Å². The van der Waals surface area contributed by atoms with E-state index in [1.807, 2.05) is 60.0 Å². The number of benzene rings is 2. The van der Waals surface area contributed by atoms with E-state index in [0.717, 1.165) is 42.1 Å². The maximum atomic E-state index is 13.9. The summed E-state index contributed by atoms with van der Waals surface area (Å²) in [7, 11) is 3.18. The van der Waals surface area contributed by atoms with Gasteiger partial charge in [-0.15, -0.1) is 0 Å². The molecule has 178 valence electrons. The Bertz CT molecular complexity index is 1240. The van der Waals surface area contributed by atoms with Crippen molar-refractivity contribution in [1.82, 2.24) is 14.8 Å². The number of hydrogen-bond donors (Lipinski definition) is 1. The van der Waals surface area contributed by atoms with Gasteiger partial charge in [-0.25, -0.2) is 0 Å². The zero-order valence-corrected chi connectivity index (χ0v) is 20.0. The molecule has 1 atom stereocenters. The Morgan fingerprint density at radius 2 is 1.79 bits per heavy atom. The second kappa shape index (κ2) is 8.70. The molecule has 2 aromatic carbocycles. The summed E-state index contributed by atoms with van der Waals surface area (Å²) in [5, 5.41) is 4.24. The third-order valence-corrected chi connectivity index (χ3v) is 7.30. The lowest BCUT2D eigenvalue weighted by Gasteiger charge is -2.44. The van der Waals surface area contributed by atoms with Crippen LogP contribution in [0.4, 0.5) is 0 Å². The molecule has 1 aromatic heterocycles. The molecule has 2 heterocycles. The number of methoxy groups -OCH3 is 2. The zero-order chi connectivity index (χ0) is 23.9. The predicted molar refractivity (Wildman–Crippen MR) is 130 cm³/mol. The van der Waals surface area contributed by atoms with Gasteiger partial charge in [-0.1, -0.05) is 37.1 Å². The molecule has 3 aromatic rings. The molecular formula is C27H31N3O4. The molecule has 0 spiro atoms. The largest absolute Gasteiger partial charge is 0.493 e. The van der Waals surface area contributed by atoms with Gasteiger partial charge < -0.3 is 24.3 Å². The Morgan fingerprint density at radius 1 is 1.06 bits per heavy atom. The van der Waals surface area contributed by atoms with Crippen LogP contribution in [0.5, 0.6) is 11.5 Å². The van der Waals surface area contributed by atoms with E-state index in [1.165, 1.54) is 0 Å². The first kappa shape index (κ1) is 22.3. The van der Waals surface area contributed by atoms with Gasteiger partial charge in [-0.2, -0.15) is 0 Å². The fourth-order valence-corrected chi connectivity index (χ4v) is 5.33. The summed E-state index contributed by atoms with van der Waals surface area (Å²) >= 11 is 0. The van der Waals surface area contributed by atoms with Gasteiger partial charge in [-0.05, 0) is 49.6 Å². The lowest BCUT2D eigenvalue weighted by atomic mass is 9.93. The summed E-state index contributed by atoms with van der Waals surface area (Å²) in [6.45, 7) is 2.57. The van der Waals surface area contributed by atoms with Crippen molar-refractivity contribution in [2.24, 2.45) is 0 Å². The number of amides is 2.